The molecular weight excluding hydrogens is 612 g/mol. The van der Waals surface area contributed by atoms with Crippen LogP contribution >= 0.6 is 0 Å². The molecule has 0 bridgehead atoms. The molecule has 12 heteroatoms. The summed E-state index contributed by atoms with van der Waals surface area (Å²) in [6.07, 6.45) is 5.04. The Morgan fingerprint density at radius 3 is 0.958 bits per heavy atom. The minimum absolute atomic E-state index is 0.0981. The van der Waals surface area contributed by atoms with Gasteiger partial charge in [0.2, 0.25) is 0 Å². The lowest BCUT2D eigenvalue weighted by atomic mass is 10.00. The second-order valence-electron chi connectivity index (χ2n) is 10.7. The lowest BCUT2D eigenvalue weighted by Crippen LogP contribution is -2.06. The molecule has 7 aromatic rings. The van der Waals surface area contributed by atoms with Gasteiger partial charge < -0.3 is 15.3 Å². The molecule has 3 heterocycles. The summed E-state index contributed by atoms with van der Waals surface area (Å²) in [5, 5.41) is 43.3. The fourth-order valence-corrected chi connectivity index (χ4v) is 5.47. The first kappa shape index (κ1) is 29.6. The third-order valence-corrected chi connectivity index (χ3v) is 7.73. The van der Waals surface area contributed by atoms with Crippen LogP contribution in [0.2, 0.25) is 0 Å². The summed E-state index contributed by atoms with van der Waals surface area (Å²) in [5.74, 6) is -3.23. The van der Waals surface area contributed by atoms with Crippen molar-refractivity contribution in [1.29, 1.82) is 0 Å². The third-order valence-electron chi connectivity index (χ3n) is 7.73. The molecule has 12 nitrogen and oxygen atoms in total. The van der Waals surface area contributed by atoms with E-state index in [1.165, 1.54) is 32.2 Å². The molecule has 48 heavy (non-hydrogen) atoms. The number of benzene rings is 4. The maximum atomic E-state index is 11.9. The Bertz CT molecular complexity index is 2090. The van der Waals surface area contributed by atoms with Gasteiger partial charge in [0.05, 0.1) is 50.8 Å². The van der Waals surface area contributed by atoms with Gasteiger partial charge in [0.25, 0.3) is 0 Å². The van der Waals surface area contributed by atoms with Gasteiger partial charge in [-0.05, 0) is 72.8 Å². The van der Waals surface area contributed by atoms with Crippen LogP contribution in [0, 0.1) is 0 Å². The molecule has 0 saturated carbocycles. The van der Waals surface area contributed by atoms with Crippen molar-refractivity contribution in [2.24, 2.45) is 0 Å². The Hall–Kier alpha value is -7.08. The smallest absolute Gasteiger partial charge is 0.337 e. The van der Waals surface area contributed by atoms with Crippen molar-refractivity contribution in [2.45, 2.75) is 0 Å². The monoisotopic (exact) mass is 636 g/mol. The topological polar surface area (TPSA) is 165 Å². The first-order valence-electron chi connectivity index (χ1n) is 14.6. The third kappa shape index (κ3) is 5.49. The lowest BCUT2D eigenvalue weighted by Gasteiger charge is -2.09. The zero-order valence-electron chi connectivity index (χ0n) is 24.9. The molecule has 0 aliphatic carbocycles. The molecule has 3 aromatic heterocycles. The number of hydrogen-bond acceptors (Lipinski definition) is 6. The van der Waals surface area contributed by atoms with Gasteiger partial charge in [0, 0.05) is 35.3 Å². The molecular formula is C36H24N6O6. The van der Waals surface area contributed by atoms with Crippen LogP contribution in [0.5, 0.6) is 0 Å². The van der Waals surface area contributed by atoms with Crippen molar-refractivity contribution in [1.82, 2.24) is 29.3 Å². The number of rotatable bonds is 9. The molecule has 4 aromatic carbocycles. The number of carboxylic acids is 3. The Morgan fingerprint density at radius 1 is 0.417 bits per heavy atom. The van der Waals surface area contributed by atoms with E-state index in [-0.39, 0.29) is 16.7 Å². The summed E-state index contributed by atoms with van der Waals surface area (Å²) in [6, 6.07) is 30.6. The van der Waals surface area contributed by atoms with Gasteiger partial charge in [-0.25, -0.2) is 28.4 Å². The lowest BCUT2D eigenvalue weighted by molar-refractivity contribution is 0.0686. The Kier molecular flexibility index (Phi) is 7.42. The maximum absolute atomic E-state index is 11.9. The first-order valence-corrected chi connectivity index (χ1v) is 14.6. The van der Waals surface area contributed by atoms with E-state index in [0.717, 1.165) is 0 Å². The van der Waals surface area contributed by atoms with Crippen molar-refractivity contribution in [3.63, 3.8) is 0 Å². The average Bonchev–Trinajstić information content (AvgIpc) is 3.90. The van der Waals surface area contributed by atoms with E-state index >= 15 is 0 Å². The van der Waals surface area contributed by atoms with Gasteiger partial charge in [0.1, 0.15) is 0 Å². The minimum Gasteiger partial charge on any atom is -0.478 e. The fraction of sp³-hybridized carbons (Fsp3) is 0. The molecule has 0 spiro atoms. The van der Waals surface area contributed by atoms with Crippen LogP contribution in [0.25, 0.3) is 50.8 Å². The fourth-order valence-electron chi connectivity index (χ4n) is 5.47. The number of aromatic nitrogens is 6. The van der Waals surface area contributed by atoms with E-state index in [9.17, 15) is 29.7 Å². The summed E-state index contributed by atoms with van der Waals surface area (Å²) < 4.78 is 4.50. The van der Waals surface area contributed by atoms with Crippen LogP contribution in [-0.4, -0.2) is 62.6 Å². The number of carboxylic acid groups (broad SMARTS) is 3. The van der Waals surface area contributed by atoms with Crippen molar-refractivity contribution < 1.29 is 29.7 Å². The van der Waals surface area contributed by atoms with E-state index in [0.29, 0.717) is 50.8 Å². The number of para-hydroxylation sites is 3. The summed E-state index contributed by atoms with van der Waals surface area (Å²) in [6.45, 7) is 0. The van der Waals surface area contributed by atoms with Crippen LogP contribution in [-0.2, 0) is 0 Å². The van der Waals surface area contributed by atoms with Crippen LogP contribution in [0.1, 0.15) is 31.1 Å². The summed E-state index contributed by atoms with van der Waals surface area (Å²) in [5.41, 5.74) is 5.17. The molecule has 0 aliphatic heterocycles. The molecule has 3 N–H and O–H groups in total. The summed E-state index contributed by atoms with van der Waals surface area (Å²) in [4.78, 5) is 35.6. The Balaban J connectivity index is 1.35. The SMILES string of the molecule is O=C(O)c1ccccc1-n1ccc(-c2cc(-c3ccn(-c4ccccc4C(=O)O)n3)cc(-c3ccn(-c4ccccc4C(=O)O)n3)c2)n1. The summed E-state index contributed by atoms with van der Waals surface area (Å²) >= 11 is 0. The van der Waals surface area contributed by atoms with Crippen LogP contribution in [0.15, 0.2) is 128 Å². The first-order chi connectivity index (χ1) is 23.3. The van der Waals surface area contributed by atoms with E-state index in [4.69, 9.17) is 15.3 Å². The van der Waals surface area contributed by atoms with E-state index < -0.39 is 17.9 Å². The van der Waals surface area contributed by atoms with Crippen molar-refractivity contribution in [2.75, 3.05) is 0 Å². The standard InChI is InChI=1S/C36H24N6O6/c43-34(44)25-7-1-4-10-31(25)40-16-13-28(37-40)22-19-23(29-14-17-41(38-29)32-11-5-2-8-26(32)35(45)46)21-24(20-22)30-15-18-42(39-30)33-12-6-3-9-27(33)36(47)48/h1-21H,(H,43,44)(H,45,46)(H,47,48). The number of nitrogens with zero attached hydrogens (tertiary/aromatic N) is 6. The largest absolute Gasteiger partial charge is 0.478 e. The molecule has 0 saturated heterocycles. The molecule has 0 atom stereocenters. The summed E-state index contributed by atoms with van der Waals surface area (Å²) in [7, 11) is 0. The van der Waals surface area contributed by atoms with Gasteiger partial charge in [-0.3, -0.25) is 0 Å². The Labute approximate surface area is 272 Å². The van der Waals surface area contributed by atoms with E-state index in [1.807, 2.05) is 18.2 Å². The van der Waals surface area contributed by atoms with Gasteiger partial charge >= 0.3 is 17.9 Å². The number of aromatic carboxylic acids is 3. The predicted octanol–water partition coefficient (Wildman–Crippen LogP) is 6.34. The zero-order chi connectivity index (χ0) is 33.4. The second-order valence-corrected chi connectivity index (χ2v) is 10.7. The quantitative estimate of drug-likeness (QED) is 0.164. The highest BCUT2D eigenvalue weighted by molar-refractivity contribution is 5.93. The van der Waals surface area contributed by atoms with Crippen LogP contribution in [0.4, 0.5) is 0 Å². The predicted molar refractivity (Wildman–Crippen MR) is 175 cm³/mol. The number of carbonyl (C=O) groups is 3. The van der Waals surface area contributed by atoms with Gasteiger partial charge in [-0.2, -0.15) is 15.3 Å². The van der Waals surface area contributed by atoms with Crippen molar-refractivity contribution in [3.05, 3.63) is 144 Å². The van der Waals surface area contributed by atoms with E-state index in [2.05, 4.69) is 0 Å². The molecule has 0 radical (unpaired) electrons. The van der Waals surface area contributed by atoms with Gasteiger partial charge in [0.15, 0.2) is 0 Å². The highest BCUT2D eigenvalue weighted by Gasteiger charge is 2.18. The molecule has 7 rings (SSSR count). The Morgan fingerprint density at radius 2 is 0.688 bits per heavy atom. The normalized spacial score (nSPS) is 11.0. The highest BCUT2D eigenvalue weighted by Crippen LogP contribution is 2.32. The van der Waals surface area contributed by atoms with Gasteiger partial charge in [-0.15, -0.1) is 0 Å². The van der Waals surface area contributed by atoms with Crippen molar-refractivity contribution >= 4 is 17.9 Å². The molecule has 0 amide bonds. The second kappa shape index (κ2) is 12.0. The number of hydrogen-bond donors (Lipinski definition) is 3. The molecule has 0 unspecified atom stereocenters. The highest BCUT2D eigenvalue weighted by atomic mass is 16.4. The molecule has 0 fully saturated rings. The molecule has 234 valence electrons. The maximum Gasteiger partial charge on any atom is 0.337 e. The van der Waals surface area contributed by atoms with Gasteiger partial charge in [-0.1, -0.05) is 36.4 Å². The van der Waals surface area contributed by atoms with Crippen LogP contribution < -0.4 is 0 Å². The average molecular weight is 637 g/mol. The molecule has 0 aliphatic rings. The van der Waals surface area contributed by atoms with E-state index in [1.54, 1.807) is 91.4 Å². The van der Waals surface area contributed by atoms with Crippen molar-refractivity contribution in [3.8, 4) is 50.8 Å². The van der Waals surface area contributed by atoms with Crippen LogP contribution in [0.3, 0.4) is 0 Å². The zero-order valence-corrected chi connectivity index (χ0v) is 24.9. The minimum atomic E-state index is -1.08.